The highest BCUT2D eigenvalue weighted by Gasteiger charge is 2.44. The van der Waals surface area contributed by atoms with Gasteiger partial charge in [-0.15, -0.1) is 0 Å². The van der Waals surface area contributed by atoms with Crippen molar-refractivity contribution in [3.8, 4) is 11.4 Å². The summed E-state index contributed by atoms with van der Waals surface area (Å²) in [5, 5.41) is 2.56. The zero-order valence-corrected chi connectivity index (χ0v) is 50.7. The minimum atomic E-state index is -0.326. The third-order valence-corrected chi connectivity index (χ3v) is 16.7. The van der Waals surface area contributed by atoms with Crippen molar-refractivity contribution in [2.75, 3.05) is 9.80 Å². The van der Waals surface area contributed by atoms with E-state index in [0.29, 0.717) is 21.8 Å². The topological polar surface area (TPSA) is 16.3 Å². The summed E-state index contributed by atoms with van der Waals surface area (Å²) in [5.41, 5.74) is 18.6. The fourth-order valence-corrected chi connectivity index (χ4v) is 13.3. The fraction of sp³-hybridized carbons (Fsp3) is 0.299. The molecule has 82 heavy (non-hydrogen) atoms. The van der Waals surface area contributed by atoms with Gasteiger partial charge in [-0.25, -0.2) is 0 Å². The summed E-state index contributed by atoms with van der Waals surface area (Å²) >= 11 is 0. The second-order valence-electron chi connectivity index (χ2n) is 29.3. The molecule has 5 heteroatoms. The first-order chi connectivity index (χ1) is 42.1. The van der Waals surface area contributed by atoms with Crippen molar-refractivity contribution in [2.24, 2.45) is 16.2 Å². The molecule has 4 heterocycles. The number of para-hydroxylation sites is 2. The van der Waals surface area contributed by atoms with Gasteiger partial charge in [0.15, 0.2) is 0 Å². The normalized spacial score (nSPS) is 15.2. The van der Waals surface area contributed by atoms with Crippen LogP contribution in [0.1, 0.15) is 143 Å². The van der Waals surface area contributed by atoms with E-state index >= 15 is 0 Å². The first-order valence-corrected chi connectivity index (χ1v) is 29.4. The molecule has 412 valence electrons. The highest BCUT2D eigenvalue weighted by atomic mass is 15.2. The van der Waals surface area contributed by atoms with Gasteiger partial charge in [0.2, 0.25) is 0 Å². The van der Waals surface area contributed by atoms with E-state index in [0.717, 1.165) is 120 Å². The van der Waals surface area contributed by atoms with Crippen molar-refractivity contribution in [1.82, 2.24) is 9.13 Å². The molecule has 0 atom stereocenters. The van der Waals surface area contributed by atoms with E-state index in [4.69, 9.17) is 5.48 Å². The van der Waals surface area contributed by atoms with Crippen molar-refractivity contribution in [2.45, 2.75) is 134 Å². The first-order valence-electron chi connectivity index (χ1n) is 33.4. The molecule has 0 fully saturated rings. The Bertz CT molecular complexity index is 4520. The number of aromatic nitrogens is 2. The van der Waals surface area contributed by atoms with Crippen molar-refractivity contribution >= 4 is 101 Å². The lowest BCUT2D eigenvalue weighted by Crippen LogP contribution is -2.61. The molecule has 2 aliphatic heterocycles. The van der Waals surface area contributed by atoms with Gasteiger partial charge in [0.25, 0.3) is 6.71 Å². The first kappa shape index (κ1) is 44.8. The van der Waals surface area contributed by atoms with Crippen LogP contribution in [0, 0.1) is 16.2 Å². The number of hydrogen-bond donors (Lipinski definition) is 0. The minimum Gasteiger partial charge on any atom is -0.311 e. The predicted octanol–water partition coefficient (Wildman–Crippen LogP) is 19.3. The SMILES string of the molecule is [2H]c1c([2H])c([2H])c2c(c1[2H])c1cc(CC(C)(C)C)ccc1n2-c1ccc2c(c1)N(c1ccc(C(C)(C)C)cc1)c1cc(CC(C)(C)C)cc3c1B2c1ccc(-n2c4ccc(CC(C)(C)C)cc4c4c([2H])c([2H])c([2H])c([2H])c42)cc1N3c1ccc(C(C)(C)C)cc1. The lowest BCUT2D eigenvalue weighted by Gasteiger charge is -2.45. The Morgan fingerprint density at radius 3 is 1.09 bits per heavy atom. The second kappa shape index (κ2) is 18.9. The Hall–Kier alpha value is -7.76. The van der Waals surface area contributed by atoms with Gasteiger partial charge in [-0.2, -0.15) is 0 Å². The van der Waals surface area contributed by atoms with E-state index < -0.39 is 0 Å². The number of nitrogens with zero attached hydrogens (tertiary/aromatic N) is 4. The zero-order valence-electron chi connectivity index (χ0n) is 58.7. The maximum Gasteiger partial charge on any atom is 0.252 e. The standard InChI is InChI=1S/C77H81BN4/c1-73(2,3)46-49-24-38-66-60(40-49)58-20-16-18-22-64(58)81(66)56-34-36-62-68(44-56)79(54-30-26-52(27-31-54)76(10,11)12)70-42-51(48-75(7,8)9)43-71-72(70)78(62)63-37-35-57(45-69(63)80(71)55-32-28-53(29-33-55)77(13,14)15)82-65-23-19-17-21-59(65)61-41-50(25-39-67(61)82)47-74(4,5)6/h16-45H,46-48H2,1-15H3/i16D,17D,18D,19D,20D,21D,22D,23D. The van der Waals surface area contributed by atoms with E-state index in [1.54, 1.807) is 0 Å². The quantitative estimate of drug-likeness (QED) is 0.148. The van der Waals surface area contributed by atoms with E-state index in [1.165, 1.54) is 11.1 Å². The number of fused-ring (bicyclic) bond motifs is 10. The predicted molar refractivity (Wildman–Crippen MR) is 356 cm³/mol. The molecule has 0 saturated heterocycles. The van der Waals surface area contributed by atoms with Crippen LogP contribution in [0.4, 0.5) is 34.1 Å². The maximum atomic E-state index is 9.65. The Balaban J connectivity index is 1.14. The molecule has 2 aromatic heterocycles. The summed E-state index contributed by atoms with van der Waals surface area (Å²) in [4.78, 5) is 4.85. The van der Waals surface area contributed by atoms with E-state index in [-0.39, 0.29) is 82.1 Å². The Morgan fingerprint density at radius 2 is 0.707 bits per heavy atom. The molecule has 0 saturated carbocycles. The molecule has 0 spiro atoms. The monoisotopic (exact) mass is 1080 g/mol. The maximum absolute atomic E-state index is 9.65. The number of rotatable bonds is 7. The molecular formula is C77H81BN4. The molecule has 0 aliphatic carbocycles. The summed E-state index contributed by atoms with van der Waals surface area (Å²) in [5.74, 6) is 0. The highest BCUT2D eigenvalue weighted by Crippen LogP contribution is 2.48. The van der Waals surface area contributed by atoms with Crippen molar-refractivity contribution < 1.29 is 11.0 Å². The Labute approximate surface area is 499 Å². The number of hydrogen-bond acceptors (Lipinski definition) is 2. The van der Waals surface area contributed by atoms with Crippen LogP contribution in [0.2, 0.25) is 0 Å². The lowest BCUT2D eigenvalue weighted by atomic mass is 9.33. The van der Waals surface area contributed by atoms with Crippen LogP contribution in [0.25, 0.3) is 55.0 Å². The van der Waals surface area contributed by atoms with Gasteiger partial charge < -0.3 is 18.9 Å². The zero-order chi connectivity index (χ0) is 64.5. The Morgan fingerprint density at radius 1 is 0.341 bits per heavy atom. The molecule has 0 N–H and O–H groups in total. The van der Waals surface area contributed by atoms with E-state index in [1.807, 2.05) is 0 Å². The molecule has 13 rings (SSSR count). The molecule has 9 aromatic carbocycles. The van der Waals surface area contributed by atoms with Gasteiger partial charge in [-0.1, -0.05) is 189 Å². The third-order valence-electron chi connectivity index (χ3n) is 16.7. The molecule has 0 unspecified atom stereocenters. The molecule has 0 bridgehead atoms. The average Bonchev–Trinajstić information content (AvgIpc) is 0.929. The smallest absolute Gasteiger partial charge is 0.252 e. The van der Waals surface area contributed by atoms with E-state index in [2.05, 4.69) is 256 Å². The lowest BCUT2D eigenvalue weighted by molar-refractivity contribution is 0.411. The molecule has 4 nitrogen and oxygen atoms in total. The molecule has 11 aromatic rings. The van der Waals surface area contributed by atoms with E-state index in [9.17, 15) is 5.48 Å². The second-order valence-corrected chi connectivity index (χ2v) is 29.3. The van der Waals surface area contributed by atoms with Gasteiger partial charge >= 0.3 is 0 Å². The van der Waals surface area contributed by atoms with Crippen LogP contribution in [0.15, 0.2) is 182 Å². The van der Waals surface area contributed by atoms with Crippen LogP contribution < -0.4 is 26.2 Å². The molecule has 2 aliphatic rings. The summed E-state index contributed by atoms with van der Waals surface area (Å²) in [6, 6.07) is 47.3. The third kappa shape index (κ3) is 9.43. The molecule has 0 amide bonds. The van der Waals surface area contributed by atoms with Crippen LogP contribution in [-0.4, -0.2) is 15.8 Å². The summed E-state index contributed by atoms with van der Waals surface area (Å²) in [6.07, 6.45) is 2.35. The molecule has 0 radical (unpaired) electrons. The van der Waals surface area contributed by atoms with Crippen LogP contribution in [0.3, 0.4) is 0 Å². The highest BCUT2D eigenvalue weighted by molar-refractivity contribution is 7.00. The van der Waals surface area contributed by atoms with Crippen LogP contribution >= 0.6 is 0 Å². The molecular weight excluding hydrogens is 992 g/mol. The summed E-state index contributed by atoms with van der Waals surface area (Å²) in [6.45, 7) is 33.2. The Kier molecular flexibility index (Phi) is 10.3. The fourth-order valence-electron chi connectivity index (χ4n) is 13.3. The number of benzene rings is 9. The van der Waals surface area contributed by atoms with Crippen molar-refractivity contribution in [1.29, 1.82) is 0 Å². The van der Waals surface area contributed by atoms with Gasteiger partial charge in [0, 0.05) is 67.0 Å². The van der Waals surface area contributed by atoms with Gasteiger partial charge in [0.1, 0.15) is 0 Å². The summed E-state index contributed by atoms with van der Waals surface area (Å²) < 4.78 is 78.5. The van der Waals surface area contributed by atoms with Gasteiger partial charge in [-0.05, 0) is 188 Å². The van der Waals surface area contributed by atoms with Crippen LogP contribution in [0.5, 0.6) is 0 Å². The van der Waals surface area contributed by atoms with Gasteiger partial charge in [0.05, 0.1) is 33.0 Å². The van der Waals surface area contributed by atoms with Crippen LogP contribution in [-0.2, 0) is 30.1 Å². The van der Waals surface area contributed by atoms with Gasteiger partial charge in [-0.3, -0.25) is 0 Å². The average molecular weight is 1080 g/mol. The number of anilines is 6. The van der Waals surface area contributed by atoms with Crippen molar-refractivity contribution in [3.05, 3.63) is 210 Å². The summed E-state index contributed by atoms with van der Waals surface area (Å²) in [7, 11) is 0. The largest absolute Gasteiger partial charge is 0.311 e. The van der Waals surface area contributed by atoms with Crippen molar-refractivity contribution in [3.63, 3.8) is 0 Å². The minimum absolute atomic E-state index is 0.0210.